The number of carbonyl (C=O) groups is 1. The van der Waals surface area contributed by atoms with E-state index in [2.05, 4.69) is 37.3 Å². The van der Waals surface area contributed by atoms with Gasteiger partial charge in [-0.1, -0.05) is 145 Å². The number of carbonyl (C=O) groups excluding carboxylic acids is 1. The smallest absolute Gasteiger partial charge is 0.305 e. The number of phosphoric ester groups is 1. The van der Waals surface area contributed by atoms with Gasteiger partial charge in [0.15, 0.2) is 6.10 Å². The van der Waals surface area contributed by atoms with E-state index in [0.717, 1.165) is 38.5 Å². The molecule has 0 heterocycles. The van der Waals surface area contributed by atoms with E-state index >= 15 is 0 Å². The number of hydrogen-bond acceptors (Lipinski definition) is 8. The maximum atomic E-state index is 12.4. The number of esters is 1. The Morgan fingerprint density at radius 1 is 0.722 bits per heavy atom. The molecule has 0 rings (SSSR count). The van der Waals surface area contributed by atoms with Crippen LogP contribution in [0.1, 0.15) is 142 Å². The molecule has 0 aromatic heterocycles. The van der Waals surface area contributed by atoms with E-state index in [0.29, 0.717) is 23.9 Å². The third-order valence-corrected chi connectivity index (χ3v) is 9.40. The second-order valence-corrected chi connectivity index (χ2v) is 16.3. The minimum Gasteiger partial charge on any atom is -0.756 e. The predicted molar refractivity (Wildman–Crippen MR) is 223 cm³/mol. The van der Waals surface area contributed by atoms with Gasteiger partial charge in [-0.3, -0.25) is 9.36 Å². The molecule has 0 radical (unpaired) electrons. The fourth-order valence-corrected chi connectivity index (χ4v) is 5.84. The van der Waals surface area contributed by atoms with E-state index in [4.69, 9.17) is 18.5 Å². The van der Waals surface area contributed by atoms with Crippen molar-refractivity contribution in [2.75, 3.05) is 47.5 Å². The number of ether oxygens (including phenoxy) is 2. The zero-order chi connectivity index (χ0) is 40.0. The first kappa shape index (κ1) is 51.7. The molecule has 0 fully saturated rings. The molecule has 0 aromatic rings. The van der Waals surface area contributed by atoms with Crippen molar-refractivity contribution in [2.24, 2.45) is 0 Å². The Kier molecular flexibility index (Phi) is 34.9. The van der Waals surface area contributed by atoms with Gasteiger partial charge in [0.25, 0.3) is 7.82 Å². The van der Waals surface area contributed by atoms with Crippen LogP contribution >= 0.6 is 7.82 Å². The van der Waals surface area contributed by atoms with E-state index in [1.54, 1.807) is 6.26 Å². The molecule has 0 amide bonds. The average molecular weight is 780 g/mol. The van der Waals surface area contributed by atoms with Gasteiger partial charge in [0.05, 0.1) is 40.1 Å². The quantitative estimate of drug-likeness (QED) is 0.0126. The molecule has 3 atom stereocenters. The van der Waals surface area contributed by atoms with Crippen LogP contribution < -0.4 is 4.89 Å². The lowest BCUT2D eigenvalue weighted by Gasteiger charge is -2.28. The number of aliphatic hydroxyl groups excluding tert-OH is 1. The highest BCUT2D eigenvalue weighted by Crippen LogP contribution is 2.38. The molecule has 0 aliphatic rings. The molecule has 0 aliphatic heterocycles. The van der Waals surface area contributed by atoms with Gasteiger partial charge in [-0.25, -0.2) is 0 Å². The Morgan fingerprint density at radius 2 is 1.31 bits per heavy atom. The molecule has 0 spiro atoms. The Labute approximate surface area is 330 Å². The van der Waals surface area contributed by atoms with E-state index in [9.17, 15) is 19.4 Å². The van der Waals surface area contributed by atoms with Crippen molar-refractivity contribution < 1.29 is 42.4 Å². The Bertz CT molecular complexity index is 1110. The van der Waals surface area contributed by atoms with E-state index in [1.807, 2.05) is 64.5 Å². The van der Waals surface area contributed by atoms with E-state index in [1.165, 1.54) is 70.6 Å². The predicted octanol–water partition coefficient (Wildman–Crippen LogP) is 10.6. The van der Waals surface area contributed by atoms with Crippen LogP contribution in [-0.2, 0) is 27.9 Å². The Morgan fingerprint density at radius 3 is 1.96 bits per heavy atom. The number of hydrogen-bond donors (Lipinski definition) is 1. The van der Waals surface area contributed by atoms with Crippen LogP contribution in [-0.4, -0.2) is 75.3 Å². The number of rotatable bonds is 37. The molecule has 2 unspecified atom stereocenters. The number of unbranched alkanes of at least 4 members (excludes halogenated alkanes) is 13. The van der Waals surface area contributed by atoms with Crippen LogP contribution in [0.5, 0.6) is 0 Å². The van der Waals surface area contributed by atoms with Crippen LogP contribution in [0.2, 0.25) is 0 Å². The third-order valence-electron chi connectivity index (χ3n) is 8.44. The van der Waals surface area contributed by atoms with Crippen LogP contribution in [0.15, 0.2) is 73.1 Å². The number of allylic oxidation sites excluding steroid dienone is 9. The van der Waals surface area contributed by atoms with Crippen molar-refractivity contribution in [3.8, 4) is 0 Å². The summed E-state index contributed by atoms with van der Waals surface area (Å²) in [4.78, 5) is 24.8. The van der Waals surface area contributed by atoms with E-state index in [-0.39, 0.29) is 32.2 Å². The van der Waals surface area contributed by atoms with E-state index < -0.39 is 20.0 Å². The average Bonchev–Trinajstić information content (AvgIpc) is 3.12. The normalized spacial score (nSPS) is 15.1. The van der Waals surface area contributed by atoms with Gasteiger partial charge < -0.3 is 33.0 Å². The number of nitrogens with zero attached hydrogens (tertiary/aromatic N) is 1. The molecule has 0 aliphatic carbocycles. The van der Waals surface area contributed by atoms with Crippen LogP contribution in [0, 0.1) is 0 Å². The maximum Gasteiger partial charge on any atom is 0.305 e. The highest BCUT2D eigenvalue weighted by Gasteiger charge is 2.19. The molecule has 0 saturated heterocycles. The van der Waals surface area contributed by atoms with Crippen LogP contribution in [0.4, 0.5) is 0 Å². The zero-order valence-corrected chi connectivity index (χ0v) is 35.6. The lowest BCUT2D eigenvalue weighted by Crippen LogP contribution is -2.37. The molecule has 0 bridgehead atoms. The van der Waals surface area contributed by atoms with Crippen molar-refractivity contribution in [1.29, 1.82) is 0 Å². The highest BCUT2D eigenvalue weighted by molar-refractivity contribution is 7.45. The van der Waals surface area contributed by atoms with Crippen molar-refractivity contribution in [2.45, 2.75) is 154 Å². The largest absolute Gasteiger partial charge is 0.756 e. The molecule has 1 N–H and O–H groups in total. The molecule has 312 valence electrons. The van der Waals surface area contributed by atoms with Crippen LogP contribution in [0.25, 0.3) is 0 Å². The highest BCUT2D eigenvalue weighted by atomic mass is 31.2. The molecular formula is C44H78NO8P. The summed E-state index contributed by atoms with van der Waals surface area (Å²) in [6, 6.07) is 0. The molecule has 0 saturated carbocycles. The minimum absolute atomic E-state index is 0.00840. The summed E-state index contributed by atoms with van der Waals surface area (Å²) < 4.78 is 34.2. The van der Waals surface area contributed by atoms with Gasteiger partial charge >= 0.3 is 5.97 Å². The fraction of sp³-hybridized carbons (Fsp3) is 0.705. The number of aliphatic hydroxyl groups is 1. The van der Waals surface area contributed by atoms with Gasteiger partial charge in [0.1, 0.15) is 19.8 Å². The summed E-state index contributed by atoms with van der Waals surface area (Å²) in [6.45, 7) is 4.37. The number of likely N-dealkylation sites (N-methyl/N-ethyl adjacent to an activating group) is 1. The summed E-state index contributed by atoms with van der Waals surface area (Å²) in [5, 5.41) is 9.76. The second-order valence-electron chi connectivity index (χ2n) is 14.9. The topological polar surface area (TPSA) is 114 Å². The van der Waals surface area contributed by atoms with Gasteiger partial charge in [0.2, 0.25) is 0 Å². The lowest BCUT2D eigenvalue weighted by atomic mass is 10.0. The zero-order valence-electron chi connectivity index (χ0n) is 34.8. The summed E-state index contributed by atoms with van der Waals surface area (Å²) in [5.74, 6) is -0.366. The van der Waals surface area contributed by atoms with Crippen LogP contribution in [0.3, 0.4) is 0 Å². The molecular weight excluding hydrogens is 701 g/mol. The third kappa shape index (κ3) is 39.4. The van der Waals surface area contributed by atoms with Gasteiger partial charge in [0, 0.05) is 6.42 Å². The Hall–Kier alpha value is -2.26. The summed E-state index contributed by atoms with van der Waals surface area (Å²) in [6.07, 6.45) is 43.6. The first-order valence-electron chi connectivity index (χ1n) is 20.8. The number of phosphoric acid groups is 1. The Balaban J connectivity index is 4.45. The van der Waals surface area contributed by atoms with Crippen molar-refractivity contribution in [1.82, 2.24) is 0 Å². The fourth-order valence-electron chi connectivity index (χ4n) is 5.11. The summed E-state index contributed by atoms with van der Waals surface area (Å²) in [5.41, 5.74) is 0. The first-order valence-corrected chi connectivity index (χ1v) is 22.3. The van der Waals surface area contributed by atoms with Crippen molar-refractivity contribution >= 4 is 13.8 Å². The first-order chi connectivity index (χ1) is 26.0. The molecule has 9 nitrogen and oxygen atoms in total. The van der Waals surface area contributed by atoms with Crippen molar-refractivity contribution in [3.05, 3.63) is 73.1 Å². The minimum atomic E-state index is -4.54. The standard InChI is InChI=1S/C44H78NO8P/c1-6-8-10-11-12-13-14-15-18-21-24-27-30-33-38-50-43(41-53-54(48,49)52-39-37-45(3,4)5)40-51-44(47)36-32-29-26-23-20-17-16-19-22-25-28-31-35-42(46)34-9-7-2/h9,16-17,22-23,25-26,28,31,33-34,38,42-43,46H,6-8,10-15,18-21,24,27,29-30,32,35-37,39-41H2,1-5H3/b17-16-,25-22-,26-23-,31-28+,34-9-,38-33+/t42?,43-/m1/s1. The summed E-state index contributed by atoms with van der Waals surface area (Å²) >= 11 is 0. The van der Waals surface area contributed by atoms with Gasteiger partial charge in [-0.2, -0.15) is 0 Å². The molecule has 10 heteroatoms. The summed E-state index contributed by atoms with van der Waals surface area (Å²) in [7, 11) is 1.30. The maximum absolute atomic E-state index is 12.4. The molecule has 54 heavy (non-hydrogen) atoms. The van der Waals surface area contributed by atoms with Gasteiger partial charge in [-0.05, 0) is 57.4 Å². The molecule has 0 aromatic carbocycles. The second kappa shape index (κ2) is 36.4. The lowest BCUT2D eigenvalue weighted by molar-refractivity contribution is -0.870. The monoisotopic (exact) mass is 780 g/mol. The van der Waals surface area contributed by atoms with Crippen molar-refractivity contribution in [3.63, 3.8) is 0 Å². The SMILES string of the molecule is CC/C=C\C(O)C/C=C/C=C\C/C=C\C/C=C\CCCC(=O)OC[C@H](COP(=O)([O-])OCC[N+](C)(C)C)O/C=C/CCCCCCCCCCCCCC. The number of quaternary nitrogens is 1. The van der Waals surface area contributed by atoms with Gasteiger partial charge in [-0.15, -0.1) is 0 Å².